The summed E-state index contributed by atoms with van der Waals surface area (Å²) in [6.45, 7) is 0.355. The molecule has 0 bridgehead atoms. The second kappa shape index (κ2) is 7.07. The second-order valence-electron chi connectivity index (χ2n) is 5.36. The summed E-state index contributed by atoms with van der Waals surface area (Å²) in [5, 5.41) is 4.43. The molecule has 4 nitrogen and oxygen atoms in total. The Hall–Kier alpha value is -2.30. The first-order valence-electron chi connectivity index (χ1n) is 7.38. The summed E-state index contributed by atoms with van der Waals surface area (Å²) in [7, 11) is 0. The lowest BCUT2D eigenvalue weighted by Gasteiger charge is -2.05. The van der Waals surface area contributed by atoms with Crippen LogP contribution in [0.5, 0.6) is 0 Å². The number of carbonyl (C=O) groups excluding carboxylic acids is 2. The minimum atomic E-state index is -0.641. The molecule has 1 aromatic heterocycles. The second-order valence-corrected chi connectivity index (χ2v) is 6.23. The van der Waals surface area contributed by atoms with Gasteiger partial charge in [-0.3, -0.25) is 9.59 Å². The average Bonchev–Trinajstić information content (AvgIpc) is 2.97. The zero-order valence-electron chi connectivity index (χ0n) is 12.6. The quantitative estimate of drug-likeness (QED) is 0.533. The van der Waals surface area contributed by atoms with Crippen LogP contribution in [0.4, 0.5) is 0 Å². The number of hydrogen-bond acceptors (Lipinski definition) is 2. The number of amides is 1. The van der Waals surface area contributed by atoms with Crippen LogP contribution in [0.3, 0.4) is 0 Å². The van der Waals surface area contributed by atoms with Crippen LogP contribution >= 0.6 is 23.2 Å². The Morgan fingerprint density at radius 1 is 1.04 bits per heavy atom. The zero-order chi connectivity index (χ0) is 17.1. The van der Waals surface area contributed by atoms with Gasteiger partial charge in [0.25, 0.3) is 11.7 Å². The fraction of sp³-hybridized carbons (Fsp3) is 0.111. The van der Waals surface area contributed by atoms with E-state index < -0.39 is 11.7 Å². The highest BCUT2D eigenvalue weighted by Gasteiger charge is 2.19. The van der Waals surface area contributed by atoms with Crippen molar-refractivity contribution in [1.82, 2.24) is 10.3 Å². The molecule has 0 aliphatic heterocycles. The molecule has 0 spiro atoms. The predicted octanol–water partition coefficient (Wildman–Crippen LogP) is 4.02. The number of nitrogens with one attached hydrogen (secondary N) is 2. The maximum Gasteiger partial charge on any atom is 0.292 e. The Balaban J connectivity index is 1.66. The molecule has 0 fully saturated rings. The van der Waals surface area contributed by atoms with Gasteiger partial charge in [0.15, 0.2) is 0 Å². The Morgan fingerprint density at radius 3 is 2.62 bits per heavy atom. The van der Waals surface area contributed by atoms with E-state index in [-0.39, 0.29) is 0 Å². The number of benzene rings is 2. The molecular weight excluding hydrogens is 347 g/mol. The van der Waals surface area contributed by atoms with Crippen molar-refractivity contribution in [2.75, 3.05) is 6.54 Å². The summed E-state index contributed by atoms with van der Waals surface area (Å²) in [5.41, 5.74) is 2.07. The third kappa shape index (κ3) is 3.61. The number of rotatable bonds is 5. The van der Waals surface area contributed by atoms with Crippen LogP contribution in [0.15, 0.2) is 48.7 Å². The van der Waals surface area contributed by atoms with Crippen LogP contribution in [0, 0.1) is 0 Å². The van der Waals surface area contributed by atoms with Crippen molar-refractivity contribution in [1.29, 1.82) is 0 Å². The SMILES string of the molecule is O=C(NCCc1cccc(Cl)c1)C(=O)c1c[nH]c2ccc(Cl)cc12. The van der Waals surface area contributed by atoms with Crippen LogP contribution < -0.4 is 5.32 Å². The molecule has 2 aromatic carbocycles. The predicted molar refractivity (Wildman–Crippen MR) is 95.8 cm³/mol. The molecule has 3 rings (SSSR count). The summed E-state index contributed by atoms with van der Waals surface area (Å²) in [6.07, 6.45) is 2.12. The lowest BCUT2D eigenvalue weighted by molar-refractivity contribution is -0.116. The van der Waals surface area contributed by atoms with Crippen LogP contribution in [0.2, 0.25) is 10.0 Å². The van der Waals surface area contributed by atoms with Gasteiger partial charge < -0.3 is 10.3 Å². The molecule has 3 aromatic rings. The van der Waals surface area contributed by atoms with Gasteiger partial charge in [-0.1, -0.05) is 35.3 Å². The number of ketones is 1. The lowest BCUT2D eigenvalue weighted by Crippen LogP contribution is -2.32. The number of Topliss-reactive ketones (excluding diaryl/α,β-unsaturated/α-hetero) is 1. The highest BCUT2D eigenvalue weighted by molar-refractivity contribution is 6.45. The molecule has 0 saturated carbocycles. The molecule has 0 aliphatic carbocycles. The smallest absolute Gasteiger partial charge is 0.292 e. The largest absolute Gasteiger partial charge is 0.360 e. The van der Waals surface area contributed by atoms with Crippen molar-refractivity contribution in [3.63, 3.8) is 0 Å². The molecular formula is C18H14Cl2N2O2. The number of aromatic nitrogens is 1. The van der Waals surface area contributed by atoms with E-state index in [4.69, 9.17) is 23.2 Å². The van der Waals surface area contributed by atoms with Crippen molar-refractivity contribution < 1.29 is 9.59 Å². The van der Waals surface area contributed by atoms with Gasteiger partial charge in [0.1, 0.15) is 0 Å². The van der Waals surface area contributed by atoms with E-state index in [9.17, 15) is 9.59 Å². The van der Waals surface area contributed by atoms with E-state index in [0.29, 0.717) is 34.0 Å². The van der Waals surface area contributed by atoms with Gasteiger partial charge in [0.2, 0.25) is 0 Å². The number of hydrogen-bond donors (Lipinski definition) is 2. The number of fused-ring (bicyclic) bond motifs is 1. The van der Waals surface area contributed by atoms with Gasteiger partial charge >= 0.3 is 0 Å². The molecule has 0 atom stereocenters. The highest BCUT2D eigenvalue weighted by atomic mass is 35.5. The summed E-state index contributed by atoms with van der Waals surface area (Å²) in [6, 6.07) is 12.5. The minimum Gasteiger partial charge on any atom is -0.360 e. The third-order valence-corrected chi connectivity index (χ3v) is 4.15. The molecule has 0 aliphatic rings. The van der Waals surface area contributed by atoms with E-state index >= 15 is 0 Å². The van der Waals surface area contributed by atoms with Crippen LogP contribution in [0.1, 0.15) is 15.9 Å². The number of aromatic amines is 1. The van der Waals surface area contributed by atoms with E-state index in [2.05, 4.69) is 10.3 Å². The molecule has 1 heterocycles. The summed E-state index contributed by atoms with van der Waals surface area (Å²) in [4.78, 5) is 27.4. The first kappa shape index (κ1) is 16.6. The maximum atomic E-state index is 12.3. The molecule has 1 amide bonds. The lowest BCUT2D eigenvalue weighted by atomic mass is 10.1. The van der Waals surface area contributed by atoms with E-state index in [1.807, 2.05) is 18.2 Å². The zero-order valence-corrected chi connectivity index (χ0v) is 14.1. The first-order chi connectivity index (χ1) is 11.5. The molecule has 24 heavy (non-hydrogen) atoms. The Morgan fingerprint density at radius 2 is 1.83 bits per heavy atom. The van der Waals surface area contributed by atoms with Crippen LogP contribution in [0.25, 0.3) is 10.9 Å². The highest BCUT2D eigenvalue weighted by Crippen LogP contribution is 2.22. The van der Waals surface area contributed by atoms with Gasteiger partial charge in [0.05, 0.1) is 5.56 Å². The summed E-state index contributed by atoms with van der Waals surface area (Å²) < 4.78 is 0. The standard InChI is InChI=1S/C18H14Cl2N2O2/c19-12-3-1-2-11(8-12)6-7-21-18(24)17(23)15-10-22-16-5-4-13(20)9-14(15)16/h1-5,8-10,22H,6-7H2,(H,21,24). The topological polar surface area (TPSA) is 62.0 Å². The van der Waals surface area contributed by atoms with Gasteiger partial charge in [-0.2, -0.15) is 0 Å². The number of H-pyrrole nitrogens is 1. The molecule has 0 saturated heterocycles. The average molecular weight is 361 g/mol. The van der Waals surface area contributed by atoms with Crippen molar-refractivity contribution in [3.05, 3.63) is 69.8 Å². The normalized spacial score (nSPS) is 10.8. The molecule has 0 unspecified atom stereocenters. The Kier molecular flexibility index (Phi) is 4.88. The van der Waals surface area contributed by atoms with Gasteiger partial charge in [-0.15, -0.1) is 0 Å². The van der Waals surface area contributed by atoms with E-state index in [1.54, 1.807) is 24.3 Å². The first-order valence-corrected chi connectivity index (χ1v) is 8.14. The molecule has 0 radical (unpaired) electrons. The van der Waals surface area contributed by atoms with Gasteiger partial charge in [-0.05, 0) is 42.3 Å². The minimum absolute atomic E-state index is 0.313. The van der Waals surface area contributed by atoms with Crippen LogP contribution in [-0.4, -0.2) is 23.2 Å². The van der Waals surface area contributed by atoms with Gasteiger partial charge in [0, 0.05) is 33.7 Å². The molecule has 6 heteroatoms. The maximum absolute atomic E-state index is 12.3. The fourth-order valence-electron chi connectivity index (χ4n) is 2.50. The van der Waals surface area contributed by atoms with E-state index in [1.165, 1.54) is 6.20 Å². The van der Waals surface area contributed by atoms with Crippen LogP contribution in [-0.2, 0) is 11.2 Å². The molecule has 122 valence electrons. The Labute approximate surface area is 148 Å². The number of halogens is 2. The van der Waals surface area contributed by atoms with Crippen molar-refractivity contribution >= 4 is 45.8 Å². The van der Waals surface area contributed by atoms with E-state index in [0.717, 1.165) is 11.1 Å². The number of carbonyl (C=O) groups is 2. The summed E-state index contributed by atoms with van der Waals surface area (Å²) in [5.74, 6) is -1.23. The fourth-order valence-corrected chi connectivity index (χ4v) is 2.88. The Bertz CT molecular complexity index is 918. The third-order valence-electron chi connectivity index (χ3n) is 3.68. The van der Waals surface area contributed by atoms with Gasteiger partial charge in [-0.25, -0.2) is 0 Å². The molecule has 2 N–H and O–H groups in total. The van der Waals surface area contributed by atoms with Crippen molar-refractivity contribution in [3.8, 4) is 0 Å². The monoisotopic (exact) mass is 360 g/mol. The van der Waals surface area contributed by atoms with Crippen molar-refractivity contribution in [2.45, 2.75) is 6.42 Å². The summed E-state index contributed by atoms with van der Waals surface area (Å²) >= 11 is 11.9. The van der Waals surface area contributed by atoms with Crippen molar-refractivity contribution in [2.24, 2.45) is 0 Å².